The van der Waals surface area contributed by atoms with E-state index in [0.29, 0.717) is 12.1 Å². The Labute approximate surface area is 134 Å². The average Bonchev–Trinajstić information content (AvgIpc) is 3.06. The summed E-state index contributed by atoms with van der Waals surface area (Å²) in [5.41, 5.74) is 2.49. The molecule has 0 spiro atoms. The second-order valence-corrected chi connectivity index (χ2v) is 5.84. The Bertz CT molecular complexity index is 739. The molecule has 120 valence electrons. The molecule has 1 aromatic heterocycles. The summed E-state index contributed by atoms with van der Waals surface area (Å²) >= 11 is 0. The molecule has 1 N–H and O–H groups in total. The molecule has 2 aromatic rings. The number of nitrogens with zero attached hydrogens (tertiary/aromatic N) is 1. The van der Waals surface area contributed by atoms with Crippen LogP contribution in [0.15, 0.2) is 47.4 Å². The van der Waals surface area contributed by atoms with E-state index in [1.54, 1.807) is 18.0 Å². The van der Waals surface area contributed by atoms with Crippen molar-refractivity contribution in [2.24, 2.45) is 0 Å². The first-order valence-electron chi connectivity index (χ1n) is 7.81. The minimum absolute atomic E-state index is 0.0335. The molecule has 3 rings (SSSR count). The lowest BCUT2D eigenvalue weighted by Gasteiger charge is -2.24. The molecular weight excluding hydrogens is 292 g/mol. The zero-order valence-electron chi connectivity index (χ0n) is 13.1. The highest BCUT2D eigenvalue weighted by atomic mass is 16.6. The number of aromatic amines is 1. The molecule has 2 heterocycles. The Morgan fingerprint density at radius 3 is 2.87 bits per heavy atom. The molecule has 0 bridgehead atoms. The summed E-state index contributed by atoms with van der Waals surface area (Å²) in [6.45, 7) is 2.72. The SMILES string of the molecule is Cc1cc([C@H]2CCCN2C(=O)OCc2ccccc2)c[nH]c1=O. The van der Waals surface area contributed by atoms with E-state index in [4.69, 9.17) is 4.74 Å². The molecule has 1 fully saturated rings. The van der Waals surface area contributed by atoms with E-state index in [9.17, 15) is 9.59 Å². The number of likely N-dealkylation sites (tertiary alicyclic amines) is 1. The minimum Gasteiger partial charge on any atom is -0.445 e. The van der Waals surface area contributed by atoms with Gasteiger partial charge >= 0.3 is 6.09 Å². The van der Waals surface area contributed by atoms with Crippen LogP contribution in [0.4, 0.5) is 4.79 Å². The van der Waals surface area contributed by atoms with Gasteiger partial charge in [-0.1, -0.05) is 30.3 Å². The lowest BCUT2D eigenvalue weighted by Crippen LogP contribution is -2.31. The second kappa shape index (κ2) is 6.69. The predicted molar refractivity (Wildman–Crippen MR) is 87.1 cm³/mol. The fourth-order valence-electron chi connectivity index (χ4n) is 2.95. The molecule has 1 saturated heterocycles. The zero-order valence-corrected chi connectivity index (χ0v) is 13.1. The number of ether oxygens (including phenoxy) is 1. The molecule has 0 unspecified atom stereocenters. The van der Waals surface area contributed by atoms with E-state index >= 15 is 0 Å². The van der Waals surface area contributed by atoms with Gasteiger partial charge in [0, 0.05) is 18.3 Å². The van der Waals surface area contributed by atoms with Gasteiger partial charge in [-0.3, -0.25) is 4.79 Å². The number of carbonyl (C=O) groups excluding carboxylic acids is 1. The summed E-state index contributed by atoms with van der Waals surface area (Å²) in [6, 6.07) is 11.5. The van der Waals surface area contributed by atoms with Gasteiger partial charge < -0.3 is 14.6 Å². The summed E-state index contributed by atoms with van der Waals surface area (Å²) < 4.78 is 5.43. The molecule has 0 radical (unpaired) electrons. The lowest BCUT2D eigenvalue weighted by atomic mass is 10.1. The third kappa shape index (κ3) is 3.44. The Balaban J connectivity index is 1.69. The van der Waals surface area contributed by atoms with Crippen LogP contribution in [-0.2, 0) is 11.3 Å². The van der Waals surface area contributed by atoms with Crippen molar-refractivity contribution in [1.29, 1.82) is 0 Å². The van der Waals surface area contributed by atoms with Gasteiger partial charge in [-0.05, 0) is 37.0 Å². The number of nitrogens with one attached hydrogen (secondary N) is 1. The smallest absolute Gasteiger partial charge is 0.410 e. The number of aromatic nitrogens is 1. The van der Waals surface area contributed by atoms with E-state index in [-0.39, 0.29) is 24.3 Å². The summed E-state index contributed by atoms with van der Waals surface area (Å²) in [5.74, 6) is 0. The van der Waals surface area contributed by atoms with Crippen LogP contribution in [0.1, 0.15) is 35.6 Å². The van der Waals surface area contributed by atoms with Gasteiger partial charge in [0.15, 0.2) is 0 Å². The van der Waals surface area contributed by atoms with E-state index in [1.165, 1.54) is 0 Å². The number of H-pyrrole nitrogens is 1. The van der Waals surface area contributed by atoms with E-state index in [1.807, 2.05) is 36.4 Å². The van der Waals surface area contributed by atoms with Crippen molar-refractivity contribution in [2.45, 2.75) is 32.4 Å². The number of hydrogen-bond acceptors (Lipinski definition) is 3. The molecule has 0 aliphatic carbocycles. The topological polar surface area (TPSA) is 62.4 Å². The third-order valence-corrected chi connectivity index (χ3v) is 4.19. The quantitative estimate of drug-likeness (QED) is 0.947. The number of carbonyl (C=O) groups is 1. The van der Waals surface area contributed by atoms with E-state index < -0.39 is 0 Å². The van der Waals surface area contributed by atoms with Gasteiger partial charge in [-0.15, -0.1) is 0 Å². The summed E-state index contributed by atoms with van der Waals surface area (Å²) in [6.07, 6.45) is 3.21. The normalized spacial score (nSPS) is 17.3. The fourth-order valence-corrected chi connectivity index (χ4v) is 2.95. The number of aryl methyl sites for hydroxylation is 1. The van der Waals surface area contributed by atoms with Crippen LogP contribution in [0.25, 0.3) is 0 Å². The fraction of sp³-hybridized carbons (Fsp3) is 0.333. The second-order valence-electron chi connectivity index (χ2n) is 5.84. The van der Waals surface area contributed by atoms with Gasteiger partial charge in [0.1, 0.15) is 6.61 Å². The van der Waals surface area contributed by atoms with Crippen molar-refractivity contribution in [3.05, 3.63) is 69.6 Å². The van der Waals surface area contributed by atoms with Crippen molar-refractivity contribution in [3.63, 3.8) is 0 Å². The van der Waals surface area contributed by atoms with Crippen LogP contribution < -0.4 is 5.56 Å². The molecule has 5 heteroatoms. The molecule has 1 aromatic carbocycles. The Morgan fingerprint density at radius 1 is 1.35 bits per heavy atom. The van der Waals surface area contributed by atoms with Crippen molar-refractivity contribution >= 4 is 6.09 Å². The molecule has 0 saturated carbocycles. The standard InChI is InChI=1S/C18H20N2O3/c1-13-10-15(11-19-17(13)21)16-8-5-9-20(16)18(22)23-12-14-6-3-2-4-7-14/h2-4,6-7,10-11,16H,5,8-9,12H2,1H3,(H,19,21)/t16-/m1/s1. The van der Waals surface area contributed by atoms with Gasteiger partial charge in [-0.25, -0.2) is 4.79 Å². The van der Waals surface area contributed by atoms with Crippen LogP contribution in [0.2, 0.25) is 0 Å². The monoisotopic (exact) mass is 312 g/mol. The maximum absolute atomic E-state index is 12.4. The highest BCUT2D eigenvalue weighted by molar-refractivity contribution is 5.68. The van der Waals surface area contributed by atoms with E-state index in [2.05, 4.69) is 4.98 Å². The van der Waals surface area contributed by atoms with Gasteiger partial charge in [-0.2, -0.15) is 0 Å². The van der Waals surface area contributed by atoms with Crippen LogP contribution in [-0.4, -0.2) is 22.5 Å². The van der Waals surface area contributed by atoms with Crippen molar-refractivity contribution in [1.82, 2.24) is 9.88 Å². The number of rotatable bonds is 3. The highest BCUT2D eigenvalue weighted by Gasteiger charge is 2.31. The van der Waals surface area contributed by atoms with Crippen LogP contribution >= 0.6 is 0 Å². The van der Waals surface area contributed by atoms with E-state index in [0.717, 1.165) is 24.0 Å². The van der Waals surface area contributed by atoms with Gasteiger partial charge in [0.2, 0.25) is 0 Å². The summed E-state index contributed by atoms with van der Waals surface area (Å²) in [7, 11) is 0. The first-order valence-corrected chi connectivity index (χ1v) is 7.81. The highest BCUT2D eigenvalue weighted by Crippen LogP contribution is 2.32. The van der Waals surface area contributed by atoms with Gasteiger partial charge in [0.25, 0.3) is 5.56 Å². The first-order chi connectivity index (χ1) is 11.1. The molecule has 1 aliphatic heterocycles. The number of amides is 1. The molecule has 5 nitrogen and oxygen atoms in total. The third-order valence-electron chi connectivity index (χ3n) is 4.19. The largest absolute Gasteiger partial charge is 0.445 e. The molecular formula is C18H20N2O3. The molecule has 1 aliphatic rings. The summed E-state index contributed by atoms with van der Waals surface area (Å²) in [4.78, 5) is 28.4. The molecule has 1 amide bonds. The minimum atomic E-state index is -0.305. The Hall–Kier alpha value is -2.56. The molecule has 1 atom stereocenters. The summed E-state index contributed by atoms with van der Waals surface area (Å²) in [5, 5.41) is 0. The van der Waals surface area contributed by atoms with Crippen molar-refractivity contribution < 1.29 is 9.53 Å². The Morgan fingerprint density at radius 2 is 2.13 bits per heavy atom. The predicted octanol–water partition coefficient (Wildman–Crippen LogP) is 3.16. The zero-order chi connectivity index (χ0) is 16.2. The van der Waals surface area contributed by atoms with Crippen LogP contribution in [0.5, 0.6) is 0 Å². The van der Waals surface area contributed by atoms with Gasteiger partial charge in [0.05, 0.1) is 6.04 Å². The number of hydrogen-bond donors (Lipinski definition) is 1. The number of benzene rings is 1. The van der Waals surface area contributed by atoms with Crippen LogP contribution in [0, 0.1) is 6.92 Å². The average molecular weight is 312 g/mol. The maximum Gasteiger partial charge on any atom is 0.410 e. The van der Waals surface area contributed by atoms with Crippen molar-refractivity contribution in [2.75, 3.05) is 6.54 Å². The Kier molecular flexibility index (Phi) is 4.46. The van der Waals surface area contributed by atoms with Crippen LogP contribution in [0.3, 0.4) is 0 Å². The van der Waals surface area contributed by atoms with Crippen molar-refractivity contribution in [3.8, 4) is 0 Å². The maximum atomic E-state index is 12.4. The first kappa shape index (κ1) is 15.3. The number of pyridine rings is 1. The molecule has 23 heavy (non-hydrogen) atoms. The lowest BCUT2D eigenvalue weighted by molar-refractivity contribution is 0.0920.